The van der Waals surface area contributed by atoms with E-state index < -0.39 is 5.97 Å². The molecule has 3 rings (SSSR count). The molecule has 3 aromatic rings. The second-order valence-corrected chi connectivity index (χ2v) is 8.14. The molecule has 0 radical (unpaired) electrons. The first-order valence-corrected chi connectivity index (χ1v) is 10.3. The van der Waals surface area contributed by atoms with Gasteiger partial charge in [-0.1, -0.05) is 45.0 Å². The van der Waals surface area contributed by atoms with Gasteiger partial charge in [0.2, 0.25) is 0 Å². The van der Waals surface area contributed by atoms with Crippen molar-refractivity contribution in [3.63, 3.8) is 0 Å². The molecule has 1 N–H and O–H groups in total. The molecule has 5 nitrogen and oxygen atoms in total. The number of ether oxygens (including phenoxy) is 1. The van der Waals surface area contributed by atoms with Gasteiger partial charge in [0.1, 0.15) is 11.4 Å². The van der Waals surface area contributed by atoms with Gasteiger partial charge in [-0.05, 0) is 66.1 Å². The lowest BCUT2D eigenvalue weighted by Gasteiger charge is -2.20. The van der Waals surface area contributed by atoms with Gasteiger partial charge in [-0.2, -0.15) is 0 Å². The summed E-state index contributed by atoms with van der Waals surface area (Å²) in [6.45, 7) is 13.0. The maximum absolute atomic E-state index is 11.1. The van der Waals surface area contributed by atoms with Gasteiger partial charge in [0.25, 0.3) is 0 Å². The second-order valence-electron chi connectivity index (χ2n) is 8.14. The molecule has 1 heterocycles. The molecule has 2 aromatic carbocycles. The predicted octanol–water partition coefficient (Wildman–Crippen LogP) is 6.63. The predicted molar refractivity (Wildman–Crippen MR) is 120 cm³/mol. The summed E-state index contributed by atoms with van der Waals surface area (Å²) in [4.78, 5) is 11.1. The molecular formula is C25H29NO4. The molecule has 5 heteroatoms. The van der Waals surface area contributed by atoms with E-state index in [0.717, 1.165) is 27.8 Å². The van der Waals surface area contributed by atoms with Crippen molar-refractivity contribution >= 4 is 22.5 Å². The van der Waals surface area contributed by atoms with Crippen molar-refractivity contribution in [2.24, 2.45) is 0 Å². The zero-order valence-corrected chi connectivity index (χ0v) is 18.4. The molecule has 0 atom stereocenters. The van der Waals surface area contributed by atoms with Gasteiger partial charge < -0.3 is 14.4 Å². The van der Waals surface area contributed by atoms with Gasteiger partial charge in [-0.25, -0.2) is 4.79 Å². The largest absolute Gasteiger partial charge is 0.493 e. The number of aromatic nitrogens is 1. The van der Waals surface area contributed by atoms with E-state index in [1.807, 2.05) is 25.1 Å². The number of hydrogen-bond donors (Lipinski definition) is 1. The van der Waals surface area contributed by atoms with Crippen LogP contribution in [0.1, 0.15) is 70.1 Å². The lowest BCUT2D eigenvalue weighted by Crippen LogP contribution is -2.03. The Bertz CT molecular complexity index is 1110. The highest BCUT2D eigenvalue weighted by Gasteiger charge is 2.22. The molecule has 0 aliphatic heterocycles. The molecule has 0 aliphatic rings. The maximum Gasteiger partial charge on any atom is 0.328 e. The van der Waals surface area contributed by atoms with E-state index in [4.69, 9.17) is 14.4 Å². The summed E-state index contributed by atoms with van der Waals surface area (Å²) in [6, 6.07) is 9.96. The number of benzene rings is 2. The van der Waals surface area contributed by atoms with Gasteiger partial charge in [0, 0.05) is 11.6 Å². The first-order chi connectivity index (χ1) is 14.2. The molecule has 0 amide bonds. The van der Waals surface area contributed by atoms with Gasteiger partial charge in [-0.15, -0.1) is 0 Å². The fourth-order valence-corrected chi connectivity index (χ4v) is 3.56. The van der Waals surface area contributed by atoms with Crippen LogP contribution in [0.4, 0.5) is 0 Å². The first kappa shape index (κ1) is 21.6. The average molecular weight is 408 g/mol. The smallest absolute Gasteiger partial charge is 0.328 e. The molecule has 158 valence electrons. The van der Waals surface area contributed by atoms with E-state index in [1.165, 1.54) is 11.6 Å². The van der Waals surface area contributed by atoms with Crippen molar-refractivity contribution in [3.8, 4) is 17.0 Å². The lowest BCUT2D eigenvalue weighted by atomic mass is 9.90. The Morgan fingerprint density at radius 3 is 2.50 bits per heavy atom. The van der Waals surface area contributed by atoms with Crippen LogP contribution in [0, 0.1) is 0 Å². The SMILES string of the molecule is CCOc1c(-c2noc3ccc(C(C)=CC(=O)O)cc23)cc(C(C)C)cc1C(C)C. The van der Waals surface area contributed by atoms with Gasteiger partial charge in [0.15, 0.2) is 5.58 Å². The summed E-state index contributed by atoms with van der Waals surface area (Å²) in [7, 11) is 0. The normalized spacial score (nSPS) is 12.2. The van der Waals surface area contributed by atoms with Crippen molar-refractivity contribution in [2.45, 2.75) is 53.4 Å². The minimum absolute atomic E-state index is 0.290. The monoisotopic (exact) mass is 407 g/mol. The molecule has 0 saturated carbocycles. The number of carboxylic acid groups (broad SMARTS) is 1. The third-order valence-electron chi connectivity index (χ3n) is 5.24. The fraction of sp³-hybridized carbons (Fsp3) is 0.360. The summed E-state index contributed by atoms with van der Waals surface area (Å²) in [5.41, 5.74) is 6.11. The van der Waals surface area contributed by atoms with Crippen molar-refractivity contribution < 1.29 is 19.2 Å². The van der Waals surface area contributed by atoms with Crippen LogP contribution in [0.2, 0.25) is 0 Å². The number of hydrogen-bond acceptors (Lipinski definition) is 4. The van der Waals surface area contributed by atoms with Crippen LogP contribution in [-0.4, -0.2) is 22.8 Å². The molecule has 0 fully saturated rings. The second kappa shape index (κ2) is 8.74. The van der Waals surface area contributed by atoms with Crippen LogP contribution in [0.5, 0.6) is 5.75 Å². The van der Waals surface area contributed by atoms with Gasteiger partial charge >= 0.3 is 5.97 Å². The number of carboxylic acids is 1. The number of fused-ring (bicyclic) bond motifs is 1. The van der Waals surface area contributed by atoms with Crippen molar-refractivity contribution in [1.29, 1.82) is 0 Å². The Morgan fingerprint density at radius 1 is 1.17 bits per heavy atom. The number of allylic oxidation sites excluding steroid dienone is 1. The Labute approximate surface area is 177 Å². The standard InChI is InChI=1S/C25H29NO4/c1-7-29-25-19(15(4)5)12-18(14(2)3)13-21(25)24-20-11-17(16(6)10-23(27)28)8-9-22(20)30-26-24/h8-15H,7H2,1-6H3,(H,27,28). The van der Waals surface area contributed by atoms with E-state index in [-0.39, 0.29) is 0 Å². The topological polar surface area (TPSA) is 72.6 Å². The highest BCUT2D eigenvalue weighted by atomic mass is 16.5. The number of aliphatic carboxylic acids is 1. The molecule has 0 aliphatic carbocycles. The average Bonchev–Trinajstić information content (AvgIpc) is 3.10. The van der Waals surface area contributed by atoms with E-state index in [9.17, 15) is 4.79 Å². The summed E-state index contributed by atoms with van der Waals surface area (Å²) in [5, 5.41) is 14.3. The van der Waals surface area contributed by atoms with Crippen LogP contribution in [-0.2, 0) is 4.79 Å². The van der Waals surface area contributed by atoms with Crippen LogP contribution in [0.25, 0.3) is 27.8 Å². The highest BCUT2D eigenvalue weighted by Crippen LogP contribution is 2.42. The van der Waals surface area contributed by atoms with E-state index >= 15 is 0 Å². The summed E-state index contributed by atoms with van der Waals surface area (Å²) >= 11 is 0. The van der Waals surface area contributed by atoms with Crippen molar-refractivity contribution in [2.75, 3.05) is 6.61 Å². The summed E-state index contributed by atoms with van der Waals surface area (Å²) in [6.07, 6.45) is 1.20. The van der Waals surface area contributed by atoms with Crippen LogP contribution >= 0.6 is 0 Å². The lowest BCUT2D eigenvalue weighted by molar-refractivity contribution is -0.131. The van der Waals surface area contributed by atoms with Crippen molar-refractivity contribution in [1.82, 2.24) is 5.16 Å². The molecule has 30 heavy (non-hydrogen) atoms. The van der Waals surface area contributed by atoms with E-state index in [2.05, 4.69) is 45.0 Å². The quantitative estimate of drug-likeness (QED) is 0.445. The minimum Gasteiger partial charge on any atom is -0.493 e. The summed E-state index contributed by atoms with van der Waals surface area (Å²) < 4.78 is 11.7. The molecule has 0 unspecified atom stereocenters. The highest BCUT2D eigenvalue weighted by molar-refractivity contribution is 5.97. The Hall–Kier alpha value is -3.08. The van der Waals surface area contributed by atoms with Crippen molar-refractivity contribution in [3.05, 3.63) is 53.1 Å². The molecule has 0 spiro atoms. The zero-order chi connectivity index (χ0) is 22.0. The molecular weight excluding hydrogens is 378 g/mol. The number of nitrogens with zero attached hydrogens (tertiary/aromatic N) is 1. The summed E-state index contributed by atoms with van der Waals surface area (Å²) in [5.74, 6) is 0.503. The van der Waals surface area contributed by atoms with E-state index in [0.29, 0.717) is 35.3 Å². The van der Waals surface area contributed by atoms with Gasteiger partial charge in [-0.3, -0.25) is 0 Å². The first-order valence-electron chi connectivity index (χ1n) is 10.3. The Balaban J connectivity index is 2.29. The van der Waals surface area contributed by atoms with Gasteiger partial charge in [0.05, 0.1) is 12.0 Å². The number of rotatable bonds is 7. The van der Waals surface area contributed by atoms with Crippen LogP contribution in [0.15, 0.2) is 40.9 Å². The molecule has 0 saturated heterocycles. The molecule has 1 aromatic heterocycles. The zero-order valence-electron chi connectivity index (χ0n) is 18.4. The van der Waals surface area contributed by atoms with Crippen LogP contribution in [0.3, 0.4) is 0 Å². The minimum atomic E-state index is -0.969. The number of carbonyl (C=O) groups is 1. The maximum atomic E-state index is 11.1. The fourth-order valence-electron chi connectivity index (χ4n) is 3.56. The Morgan fingerprint density at radius 2 is 1.90 bits per heavy atom. The van der Waals surface area contributed by atoms with E-state index in [1.54, 1.807) is 6.92 Å². The molecule has 0 bridgehead atoms. The van der Waals surface area contributed by atoms with Crippen LogP contribution < -0.4 is 4.74 Å². The Kier molecular flexibility index (Phi) is 6.30. The third-order valence-corrected chi connectivity index (χ3v) is 5.24. The third kappa shape index (κ3) is 4.25.